The number of para-hydroxylation sites is 2. The normalized spacial score (nSPS) is 9.56. The van der Waals surface area contributed by atoms with Crippen LogP contribution in [0.15, 0.2) is 24.3 Å². The number of ether oxygens (including phenoxy) is 1. The van der Waals surface area contributed by atoms with Crippen LogP contribution in [0.2, 0.25) is 0 Å². The van der Waals surface area contributed by atoms with Crippen molar-refractivity contribution in [3.8, 4) is 5.75 Å². The van der Waals surface area contributed by atoms with E-state index in [9.17, 15) is 14.7 Å². The molecule has 0 saturated carbocycles. The van der Waals surface area contributed by atoms with Crippen LogP contribution in [-0.2, 0) is 14.3 Å². The Morgan fingerprint density at radius 3 is 2.75 bits per heavy atom. The summed E-state index contributed by atoms with van der Waals surface area (Å²) in [5.74, 6) is -0.572. The van der Waals surface area contributed by atoms with Gasteiger partial charge >= 0.3 is 5.97 Å². The molecule has 5 nitrogen and oxygen atoms in total. The smallest absolute Gasteiger partial charge is 0.326 e. The van der Waals surface area contributed by atoms with Gasteiger partial charge in [0.15, 0.2) is 0 Å². The fraction of sp³-hybridized carbons (Fsp3) is 0.273. The van der Waals surface area contributed by atoms with E-state index in [0.717, 1.165) is 4.90 Å². The number of phenolic OH excluding ortho intramolecular Hbond substituents is 1. The van der Waals surface area contributed by atoms with Gasteiger partial charge in [-0.2, -0.15) is 0 Å². The molecule has 0 heterocycles. The topological polar surface area (TPSA) is 66.8 Å². The number of phenols is 1. The highest BCUT2D eigenvalue weighted by Crippen LogP contribution is 2.25. The van der Waals surface area contributed by atoms with Crippen LogP contribution in [0, 0.1) is 0 Å². The molecule has 0 aliphatic heterocycles. The van der Waals surface area contributed by atoms with E-state index in [-0.39, 0.29) is 24.6 Å². The van der Waals surface area contributed by atoms with E-state index in [2.05, 4.69) is 0 Å². The first kappa shape index (κ1) is 12.0. The summed E-state index contributed by atoms with van der Waals surface area (Å²) in [6, 6.07) is 6.28. The maximum absolute atomic E-state index is 11.2. The van der Waals surface area contributed by atoms with Gasteiger partial charge in [0.2, 0.25) is 6.41 Å². The van der Waals surface area contributed by atoms with E-state index in [1.807, 2.05) is 0 Å². The molecule has 0 saturated heterocycles. The first-order chi connectivity index (χ1) is 7.69. The highest BCUT2D eigenvalue weighted by Gasteiger charge is 2.14. The van der Waals surface area contributed by atoms with Gasteiger partial charge < -0.3 is 14.7 Å². The summed E-state index contributed by atoms with van der Waals surface area (Å²) in [6.07, 6.45) is 0.478. The second kappa shape index (κ2) is 5.75. The zero-order chi connectivity index (χ0) is 12.0. The Morgan fingerprint density at radius 1 is 1.50 bits per heavy atom. The molecule has 5 heteroatoms. The van der Waals surface area contributed by atoms with Crippen LogP contribution in [-0.4, -0.2) is 30.6 Å². The number of benzene rings is 1. The summed E-state index contributed by atoms with van der Waals surface area (Å²) in [6.45, 7) is 1.73. The van der Waals surface area contributed by atoms with Crippen molar-refractivity contribution in [3.05, 3.63) is 24.3 Å². The van der Waals surface area contributed by atoms with Crippen molar-refractivity contribution < 1.29 is 19.4 Å². The van der Waals surface area contributed by atoms with Crippen molar-refractivity contribution in [1.82, 2.24) is 0 Å². The maximum Gasteiger partial charge on any atom is 0.326 e. The summed E-state index contributed by atoms with van der Waals surface area (Å²) in [4.78, 5) is 23.1. The van der Waals surface area contributed by atoms with E-state index in [0.29, 0.717) is 6.41 Å². The second-order valence-electron chi connectivity index (χ2n) is 3.03. The number of nitrogens with zero attached hydrogens (tertiary/aromatic N) is 1. The van der Waals surface area contributed by atoms with Crippen molar-refractivity contribution >= 4 is 18.1 Å². The Morgan fingerprint density at radius 2 is 2.19 bits per heavy atom. The monoisotopic (exact) mass is 223 g/mol. The Bertz CT molecular complexity index is 378. The minimum atomic E-state index is -0.516. The minimum Gasteiger partial charge on any atom is -0.506 e. The molecule has 0 aliphatic carbocycles. The molecule has 1 amide bonds. The van der Waals surface area contributed by atoms with Crippen LogP contribution < -0.4 is 4.90 Å². The third-order valence-electron chi connectivity index (χ3n) is 1.92. The first-order valence-corrected chi connectivity index (χ1v) is 4.84. The molecule has 0 spiro atoms. The average molecular weight is 223 g/mol. The SMILES string of the molecule is CCOC(=O)CN(C=O)c1ccccc1O. The van der Waals surface area contributed by atoms with Crippen molar-refractivity contribution in [2.45, 2.75) is 6.92 Å². The summed E-state index contributed by atoms with van der Waals surface area (Å²) in [5, 5.41) is 9.50. The lowest BCUT2D eigenvalue weighted by molar-refractivity contribution is -0.141. The fourth-order valence-corrected chi connectivity index (χ4v) is 1.23. The lowest BCUT2D eigenvalue weighted by atomic mass is 10.2. The summed E-state index contributed by atoms with van der Waals surface area (Å²) >= 11 is 0. The van der Waals surface area contributed by atoms with Gasteiger partial charge in [0.25, 0.3) is 0 Å². The van der Waals surface area contributed by atoms with Crippen molar-refractivity contribution in [2.75, 3.05) is 18.1 Å². The number of esters is 1. The van der Waals surface area contributed by atoms with Crippen LogP contribution in [0.3, 0.4) is 0 Å². The summed E-state index contributed by atoms with van der Waals surface area (Å²) < 4.78 is 4.71. The van der Waals surface area contributed by atoms with E-state index in [4.69, 9.17) is 4.74 Å². The van der Waals surface area contributed by atoms with Crippen LogP contribution in [0.5, 0.6) is 5.75 Å². The molecule has 0 unspecified atom stereocenters. The molecule has 1 rings (SSSR count). The first-order valence-electron chi connectivity index (χ1n) is 4.84. The molecule has 0 bridgehead atoms. The molecule has 1 aromatic rings. The zero-order valence-electron chi connectivity index (χ0n) is 8.92. The molecular formula is C11H13NO4. The van der Waals surface area contributed by atoms with Crippen LogP contribution in [0.4, 0.5) is 5.69 Å². The second-order valence-corrected chi connectivity index (χ2v) is 3.03. The molecule has 0 aliphatic rings. The number of carbonyl (C=O) groups is 2. The highest BCUT2D eigenvalue weighted by molar-refractivity contribution is 5.87. The lowest BCUT2D eigenvalue weighted by Gasteiger charge is -2.17. The van der Waals surface area contributed by atoms with E-state index >= 15 is 0 Å². The Labute approximate surface area is 93.2 Å². The van der Waals surface area contributed by atoms with E-state index in [1.54, 1.807) is 25.1 Å². The molecule has 0 radical (unpaired) electrons. The van der Waals surface area contributed by atoms with Crippen LogP contribution in [0.1, 0.15) is 6.92 Å². The largest absolute Gasteiger partial charge is 0.506 e. The molecule has 86 valence electrons. The standard InChI is InChI=1S/C11H13NO4/c1-2-16-11(15)7-12(8-13)9-5-3-4-6-10(9)14/h3-6,8,14H,2,7H2,1H3. The van der Waals surface area contributed by atoms with Gasteiger partial charge in [-0.05, 0) is 19.1 Å². The maximum atomic E-state index is 11.2. The molecular weight excluding hydrogens is 210 g/mol. The summed E-state index contributed by atoms with van der Waals surface area (Å²) in [5.41, 5.74) is 0.283. The number of hydrogen-bond donors (Lipinski definition) is 1. The predicted molar refractivity (Wildman–Crippen MR) is 58.1 cm³/mol. The summed E-state index contributed by atoms with van der Waals surface area (Å²) in [7, 11) is 0. The lowest BCUT2D eigenvalue weighted by Crippen LogP contribution is -2.29. The molecule has 1 N–H and O–H groups in total. The Balaban J connectivity index is 2.79. The number of amides is 1. The third-order valence-corrected chi connectivity index (χ3v) is 1.92. The van der Waals surface area contributed by atoms with Gasteiger partial charge in [0.1, 0.15) is 12.3 Å². The van der Waals surface area contributed by atoms with Gasteiger partial charge in [0.05, 0.1) is 12.3 Å². The minimum absolute atomic E-state index is 0.0566. The third kappa shape index (κ3) is 2.98. The number of carbonyl (C=O) groups excluding carboxylic acids is 2. The molecule has 0 aromatic heterocycles. The molecule has 16 heavy (non-hydrogen) atoms. The average Bonchev–Trinajstić information content (AvgIpc) is 2.27. The van der Waals surface area contributed by atoms with Crippen LogP contribution in [0.25, 0.3) is 0 Å². The van der Waals surface area contributed by atoms with Crippen molar-refractivity contribution in [2.24, 2.45) is 0 Å². The van der Waals surface area contributed by atoms with Gasteiger partial charge in [0, 0.05) is 0 Å². The predicted octanol–water partition coefficient (Wildman–Crippen LogP) is 0.918. The van der Waals surface area contributed by atoms with E-state index in [1.165, 1.54) is 6.07 Å². The molecule has 0 fully saturated rings. The number of aromatic hydroxyl groups is 1. The molecule has 0 atom stereocenters. The number of anilines is 1. The highest BCUT2D eigenvalue weighted by atomic mass is 16.5. The quantitative estimate of drug-likeness (QED) is 0.595. The molecule has 1 aromatic carbocycles. The number of hydrogen-bond acceptors (Lipinski definition) is 4. The number of rotatable bonds is 5. The van der Waals surface area contributed by atoms with Gasteiger partial charge in [-0.25, -0.2) is 0 Å². The van der Waals surface area contributed by atoms with Crippen molar-refractivity contribution in [3.63, 3.8) is 0 Å². The fourth-order valence-electron chi connectivity index (χ4n) is 1.23. The van der Waals surface area contributed by atoms with Crippen molar-refractivity contribution in [1.29, 1.82) is 0 Å². The zero-order valence-corrected chi connectivity index (χ0v) is 8.92. The Kier molecular flexibility index (Phi) is 4.32. The van der Waals surface area contributed by atoms with E-state index < -0.39 is 5.97 Å². The Hall–Kier alpha value is -2.04. The van der Waals surface area contributed by atoms with Gasteiger partial charge in [-0.3, -0.25) is 9.59 Å². The van der Waals surface area contributed by atoms with Gasteiger partial charge in [-0.15, -0.1) is 0 Å². The van der Waals surface area contributed by atoms with Gasteiger partial charge in [-0.1, -0.05) is 12.1 Å². The van der Waals surface area contributed by atoms with Crippen LogP contribution >= 0.6 is 0 Å².